The van der Waals surface area contributed by atoms with E-state index < -0.39 is 0 Å². The van der Waals surface area contributed by atoms with E-state index in [1.165, 1.54) is 12.8 Å². The van der Waals surface area contributed by atoms with Gasteiger partial charge in [0.05, 0.1) is 0 Å². The molecule has 0 aliphatic heterocycles. The van der Waals surface area contributed by atoms with Crippen LogP contribution in [0.1, 0.15) is 46.5 Å². The van der Waals surface area contributed by atoms with Gasteiger partial charge in [0.25, 0.3) is 0 Å². The van der Waals surface area contributed by atoms with E-state index in [4.69, 9.17) is 5.73 Å². The van der Waals surface area contributed by atoms with Gasteiger partial charge in [-0.25, -0.2) is 0 Å². The normalized spacial score (nSPS) is 17.6. The number of carbonyl (C=O) groups excluding carboxylic acids is 1. The molecule has 0 bridgehead atoms. The molecular formula is C13H26N2O. The van der Waals surface area contributed by atoms with Crippen LogP contribution in [-0.4, -0.2) is 29.9 Å². The Kier molecular flexibility index (Phi) is 5.26. The van der Waals surface area contributed by atoms with Crippen molar-refractivity contribution in [3.63, 3.8) is 0 Å². The summed E-state index contributed by atoms with van der Waals surface area (Å²) in [7, 11) is 0. The maximum atomic E-state index is 12.1. The monoisotopic (exact) mass is 226 g/mol. The van der Waals surface area contributed by atoms with E-state index >= 15 is 0 Å². The summed E-state index contributed by atoms with van der Waals surface area (Å²) in [4.78, 5) is 14.2. The van der Waals surface area contributed by atoms with Gasteiger partial charge in [-0.2, -0.15) is 0 Å². The molecule has 1 atom stereocenters. The lowest BCUT2D eigenvalue weighted by molar-refractivity contribution is -0.132. The average molecular weight is 226 g/mol. The van der Waals surface area contributed by atoms with Crippen molar-refractivity contribution in [2.75, 3.05) is 13.1 Å². The lowest BCUT2D eigenvalue weighted by Gasteiger charge is -2.24. The molecular weight excluding hydrogens is 200 g/mol. The van der Waals surface area contributed by atoms with Crippen LogP contribution in [0.2, 0.25) is 0 Å². The zero-order valence-electron chi connectivity index (χ0n) is 10.9. The van der Waals surface area contributed by atoms with Gasteiger partial charge in [-0.05, 0) is 37.6 Å². The molecule has 1 amide bonds. The molecule has 1 fully saturated rings. The van der Waals surface area contributed by atoms with Gasteiger partial charge >= 0.3 is 0 Å². The predicted molar refractivity (Wildman–Crippen MR) is 67.0 cm³/mol. The highest BCUT2D eigenvalue weighted by Crippen LogP contribution is 2.28. The van der Waals surface area contributed by atoms with Crippen molar-refractivity contribution < 1.29 is 4.79 Å². The molecule has 3 heteroatoms. The van der Waals surface area contributed by atoms with E-state index in [1.54, 1.807) is 0 Å². The molecule has 94 valence electrons. The SMILES string of the molecule is CC(C)CCN(C(=O)CC(C)CN)C1CC1. The topological polar surface area (TPSA) is 46.3 Å². The number of hydrogen-bond donors (Lipinski definition) is 1. The first-order chi connectivity index (χ1) is 7.54. The summed E-state index contributed by atoms with van der Waals surface area (Å²) in [6, 6.07) is 0.538. The quantitative estimate of drug-likeness (QED) is 0.722. The second-order valence-corrected chi connectivity index (χ2v) is 5.55. The number of nitrogens with zero attached hydrogens (tertiary/aromatic N) is 1. The van der Waals surface area contributed by atoms with E-state index in [-0.39, 0.29) is 0 Å². The summed E-state index contributed by atoms with van der Waals surface area (Å²) < 4.78 is 0. The van der Waals surface area contributed by atoms with Gasteiger partial charge in [0, 0.05) is 19.0 Å². The molecule has 1 aliphatic carbocycles. The number of amides is 1. The van der Waals surface area contributed by atoms with Crippen LogP contribution in [0.3, 0.4) is 0 Å². The molecule has 1 saturated carbocycles. The van der Waals surface area contributed by atoms with Crippen molar-refractivity contribution in [2.45, 2.75) is 52.5 Å². The van der Waals surface area contributed by atoms with Crippen LogP contribution >= 0.6 is 0 Å². The number of rotatable bonds is 7. The van der Waals surface area contributed by atoms with Crippen molar-refractivity contribution >= 4 is 5.91 Å². The maximum Gasteiger partial charge on any atom is 0.223 e. The van der Waals surface area contributed by atoms with E-state index in [0.29, 0.717) is 36.8 Å². The van der Waals surface area contributed by atoms with Gasteiger partial charge in [0.15, 0.2) is 0 Å². The third-order valence-corrected chi connectivity index (χ3v) is 3.18. The lowest BCUT2D eigenvalue weighted by Crippen LogP contribution is -2.36. The predicted octanol–water partition coefficient (Wildman–Crippen LogP) is 2.01. The Balaban J connectivity index is 2.39. The molecule has 16 heavy (non-hydrogen) atoms. The number of hydrogen-bond acceptors (Lipinski definition) is 2. The van der Waals surface area contributed by atoms with E-state index in [0.717, 1.165) is 13.0 Å². The van der Waals surface area contributed by atoms with Crippen LogP contribution in [0.15, 0.2) is 0 Å². The van der Waals surface area contributed by atoms with Gasteiger partial charge in [-0.1, -0.05) is 20.8 Å². The summed E-state index contributed by atoms with van der Waals surface area (Å²) in [5.74, 6) is 1.29. The van der Waals surface area contributed by atoms with Crippen LogP contribution in [0, 0.1) is 11.8 Å². The third kappa shape index (κ3) is 4.52. The minimum Gasteiger partial charge on any atom is -0.340 e. The summed E-state index contributed by atoms with van der Waals surface area (Å²) in [6.45, 7) is 7.99. The fraction of sp³-hybridized carbons (Fsp3) is 0.923. The maximum absolute atomic E-state index is 12.1. The van der Waals surface area contributed by atoms with E-state index in [1.807, 2.05) is 6.92 Å². The lowest BCUT2D eigenvalue weighted by atomic mass is 10.1. The Bertz CT molecular complexity index is 224. The Morgan fingerprint density at radius 2 is 2.00 bits per heavy atom. The zero-order valence-corrected chi connectivity index (χ0v) is 10.9. The summed E-state index contributed by atoms with van der Waals surface area (Å²) in [5.41, 5.74) is 5.56. The molecule has 0 radical (unpaired) electrons. The fourth-order valence-electron chi connectivity index (χ4n) is 1.79. The van der Waals surface area contributed by atoms with Crippen molar-refractivity contribution in [2.24, 2.45) is 17.6 Å². The molecule has 3 nitrogen and oxygen atoms in total. The molecule has 0 spiro atoms. The minimum atomic E-state index is 0.307. The van der Waals surface area contributed by atoms with E-state index in [2.05, 4.69) is 18.7 Å². The second-order valence-electron chi connectivity index (χ2n) is 5.55. The zero-order chi connectivity index (χ0) is 12.1. The Morgan fingerprint density at radius 3 is 2.44 bits per heavy atom. The molecule has 0 heterocycles. The molecule has 0 aromatic carbocycles. The van der Waals surface area contributed by atoms with Crippen LogP contribution in [-0.2, 0) is 4.79 Å². The average Bonchev–Trinajstić information content (AvgIpc) is 3.01. The minimum absolute atomic E-state index is 0.307. The highest BCUT2D eigenvalue weighted by atomic mass is 16.2. The van der Waals surface area contributed by atoms with Gasteiger partial charge in [-0.3, -0.25) is 4.79 Å². The van der Waals surface area contributed by atoms with Crippen LogP contribution < -0.4 is 5.73 Å². The Labute approximate surface area is 99.4 Å². The smallest absolute Gasteiger partial charge is 0.223 e. The second kappa shape index (κ2) is 6.24. The van der Waals surface area contributed by atoms with Crippen LogP contribution in [0.25, 0.3) is 0 Å². The molecule has 2 N–H and O–H groups in total. The highest BCUT2D eigenvalue weighted by molar-refractivity contribution is 5.77. The van der Waals surface area contributed by atoms with Crippen molar-refractivity contribution in [1.82, 2.24) is 4.90 Å². The van der Waals surface area contributed by atoms with E-state index in [9.17, 15) is 4.79 Å². The molecule has 0 aromatic heterocycles. The van der Waals surface area contributed by atoms with Gasteiger partial charge in [0.1, 0.15) is 0 Å². The third-order valence-electron chi connectivity index (χ3n) is 3.18. The number of nitrogens with two attached hydrogens (primary N) is 1. The van der Waals surface area contributed by atoms with Gasteiger partial charge in [-0.15, -0.1) is 0 Å². The molecule has 0 saturated heterocycles. The van der Waals surface area contributed by atoms with Crippen molar-refractivity contribution in [1.29, 1.82) is 0 Å². The first-order valence-electron chi connectivity index (χ1n) is 6.54. The van der Waals surface area contributed by atoms with Crippen molar-refractivity contribution in [3.8, 4) is 0 Å². The summed E-state index contributed by atoms with van der Waals surface area (Å²) in [6.07, 6.45) is 4.12. The highest BCUT2D eigenvalue weighted by Gasteiger charge is 2.32. The molecule has 1 unspecified atom stereocenters. The van der Waals surface area contributed by atoms with Crippen molar-refractivity contribution in [3.05, 3.63) is 0 Å². The molecule has 1 aliphatic rings. The Hall–Kier alpha value is -0.570. The van der Waals surface area contributed by atoms with Crippen LogP contribution in [0.5, 0.6) is 0 Å². The van der Waals surface area contributed by atoms with Gasteiger partial charge < -0.3 is 10.6 Å². The summed E-state index contributed by atoms with van der Waals surface area (Å²) in [5, 5.41) is 0. The standard InChI is InChI=1S/C13H26N2O/c1-10(2)6-7-15(12-4-5-12)13(16)8-11(3)9-14/h10-12H,4-9,14H2,1-3H3. The molecule has 1 rings (SSSR count). The van der Waals surface area contributed by atoms with Gasteiger partial charge in [0.2, 0.25) is 5.91 Å². The largest absolute Gasteiger partial charge is 0.340 e. The first kappa shape index (κ1) is 13.5. The summed E-state index contributed by atoms with van der Waals surface area (Å²) >= 11 is 0. The van der Waals surface area contributed by atoms with Crippen LogP contribution in [0.4, 0.5) is 0 Å². The Morgan fingerprint density at radius 1 is 1.38 bits per heavy atom. The first-order valence-corrected chi connectivity index (χ1v) is 6.54. The molecule has 0 aromatic rings. The fourth-order valence-corrected chi connectivity index (χ4v) is 1.79. The number of carbonyl (C=O) groups is 1.